The van der Waals surface area contributed by atoms with Crippen LogP contribution in [-0.2, 0) is 11.2 Å². The molecular weight excluding hydrogens is 270 g/mol. The number of ether oxygens (including phenoxy) is 2. The van der Waals surface area contributed by atoms with Gasteiger partial charge in [0.1, 0.15) is 17.3 Å². The van der Waals surface area contributed by atoms with E-state index in [1.54, 1.807) is 37.6 Å². The van der Waals surface area contributed by atoms with E-state index in [0.29, 0.717) is 12.2 Å². The fourth-order valence-corrected chi connectivity index (χ4v) is 1.92. The molecular formula is C16H19NO4. The predicted molar refractivity (Wildman–Crippen MR) is 78.5 cm³/mol. The number of carbonyl (C=O) groups excluding carboxylic acids is 1. The maximum Gasteiger partial charge on any atom is 0.258 e. The van der Waals surface area contributed by atoms with Gasteiger partial charge in [0.2, 0.25) is 0 Å². The second kappa shape index (κ2) is 7.38. The fourth-order valence-electron chi connectivity index (χ4n) is 1.92. The van der Waals surface area contributed by atoms with Gasteiger partial charge in [-0.15, -0.1) is 0 Å². The van der Waals surface area contributed by atoms with Crippen LogP contribution in [0.3, 0.4) is 0 Å². The van der Waals surface area contributed by atoms with Crippen LogP contribution in [0.1, 0.15) is 12.7 Å². The smallest absolute Gasteiger partial charge is 0.258 e. The first-order valence-corrected chi connectivity index (χ1v) is 6.76. The number of benzene rings is 1. The number of methoxy groups -OCH3 is 1. The van der Waals surface area contributed by atoms with Gasteiger partial charge >= 0.3 is 0 Å². The van der Waals surface area contributed by atoms with Crippen LogP contribution in [-0.4, -0.2) is 25.7 Å². The molecule has 1 aromatic heterocycles. The molecule has 5 heteroatoms. The van der Waals surface area contributed by atoms with Crippen LogP contribution < -0.4 is 14.8 Å². The minimum atomic E-state index is -0.162. The molecule has 0 aliphatic heterocycles. The maximum atomic E-state index is 11.8. The quantitative estimate of drug-likeness (QED) is 0.850. The van der Waals surface area contributed by atoms with Crippen molar-refractivity contribution >= 4 is 5.91 Å². The zero-order valence-corrected chi connectivity index (χ0v) is 12.2. The topological polar surface area (TPSA) is 60.7 Å². The maximum absolute atomic E-state index is 11.8. The lowest BCUT2D eigenvalue weighted by molar-refractivity contribution is -0.123. The molecule has 112 valence electrons. The highest BCUT2D eigenvalue weighted by Crippen LogP contribution is 2.16. The summed E-state index contributed by atoms with van der Waals surface area (Å²) in [6.07, 6.45) is 2.28. The number of rotatable bonds is 7. The second-order valence-electron chi connectivity index (χ2n) is 4.72. The minimum absolute atomic E-state index is 0.0110. The Balaban J connectivity index is 1.73. The highest BCUT2D eigenvalue weighted by molar-refractivity contribution is 5.77. The Morgan fingerprint density at radius 1 is 1.24 bits per heavy atom. The first kappa shape index (κ1) is 15.0. The third-order valence-electron chi connectivity index (χ3n) is 2.92. The lowest BCUT2D eigenvalue weighted by Crippen LogP contribution is -2.37. The van der Waals surface area contributed by atoms with Crippen LogP contribution in [0, 0.1) is 0 Å². The molecule has 0 bridgehead atoms. The first-order valence-electron chi connectivity index (χ1n) is 6.76. The molecule has 0 aliphatic carbocycles. The minimum Gasteiger partial charge on any atom is -0.497 e. The molecule has 2 rings (SSSR count). The van der Waals surface area contributed by atoms with Crippen LogP contribution in [0.2, 0.25) is 0 Å². The number of hydrogen-bond acceptors (Lipinski definition) is 4. The molecule has 0 saturated heterocycles. The van der Waals surface area contributed by atoms with Gasteiger partial charge in [-0.3, -0.25) is 4.79 Å². The van der Waals surface area contributed by atoms with E-state index in [0.717, 1.165) is 11.5 Å². The average Bonchev–Trinajstić information content (AvgIpc) is 2.98. The monoisotopic (exact) mass is 289 g/mol. The molecule has 1 unspecified atom stereocenters. The molecule has 0 aliphatic rings. The lowest BCUT2D eigenvalue weighted by atomic mass is 10.2. The van der Waals surface area contributed by atoms with Gasteiger partial charge in [0, 0.05) is 12.5 Å². The van der Waals surface area contributed by atoms with Crippen LogP contribution in [0.15, 0.2) is 47.1 Å². The van der Waals surface area contributed by atoms with Gasteiger partial charge < -0.3 is 19.2 Å². The van der Waals surface area contributed by atoms with Crippen molar-refractivity contribution in [3.8, 4) is 11.5 Å². The standard InChI is InChI=1S/C16H19NO4/c1-12(10-15-4-3-9-20-15)17-16(18)11-21-14-7-5-13(19-2)6-8-14/h3-9,12H,10-11H2,1-2H3,(H,17,18). The third kappa shape index (κ3) is 4.87. The molecule has 0 radical (unpaired) electrons. The summed E-state index contributed by atoms with van der Waals surface area (Å²) in [5.74, 6) is 2.06. The van der Waals surface area contributed by atoms with Crippen LogP contribution >= 0.6 is 0 Å². The Morgan fingerprint density at radius 3 is 2.57 bits per heavy atom. The highest BCUT2D eigenvalue weighted by Gasteiger charge is 2.10. The molecule has 0 spiro atoms. The zero-order chi connectivity index (χ0) is 15.1. The molecule has 1 N–H and O–H groups in total. The van der Waals surface area contributed by atoms with Crippen LogP contribution in [0.5, 0.6) is 11.5 Å². The van der Waals surface area contributed by atoms with Gasteiger partial charge in [-0.05, 0) is 43.3 Å². The Morgan fingerprint density at radius 2 is 1.95 bits per heavy atom. The number of carbonyl (C=O) groups is 1. The Hall–Kier alpha value is -2.43. The summed E-state index contributed by atoms with van der Waals surface area (Å²) in [5.41, 5.74) is 0. The van der Waals surface area contributed by atoms with Crippen molar-refractivity contribution in [3.05, 3.63) is 48.4 Å². The number of hydrogen-bond donors (Lipinski definition) is 1. The molecule has 1 heterocycles. The average molecular weight is 289 g/mol. The molecule has 5 nitrogen and oxygen atoms in total. The van der Waals surface area contributed by atoms with Crippen molar-refractivity contribution < 1.29 is 18.7 Å². The van der Waals surface area contributed by atoms with Crippen molar-refractivity contribution in [2.45, 2.75) is 19.4 Å². The molecule has 1 aromatic carbocycles. The largest absolute Gasteiger partial charge is 0.497 e. The Kier molecular flexibility index (Phi) is 5.26. The van der Waals surface area contributed by atoms with Gasteiger partial charge in [0.25, 0.3) is 5.91 Å². The van der Waals surface area contributed by atoms with Gasteiger partial charge in [-0.1, -0.05) is 0 Å². The van der Waals surface area contributed by atoms with Crippen molar-refractivity contribution in [1.29, 1.82) is 0 Å². The van der Waals surface area contributed by atoms with Gasteiger partial charge in [-0.25, -0.2) is 0 Å². The fraction of sp³-hybridized carbons (Fsp3) is 0.312. The second-order valence-corrected chi connectivity index (χ2v) is 4.72. The molecule has 2 aromatic rings. The van der Waals surface area contributed by atoms with Gasteiger partial charge in [0.15, 0.2) is 6.61 Å². The molecule has 1 amide bonds. The lowest BCUT2D eigenvalue weighted by Gasteiger charge is -2.13. The van der Waals surface area contributed by atoms with Crippen molar-refractivity contribution in [1.82, 2.24) is 5.32 Å². The van der Waals surface area contributed by atoms with E-state index in [9.17, 15) is 4.79 Å². The van der Waals surface area contributed by atoms with Crippen molar-refractivity contribution in [2.24, 2.45) is 0 Å². The van der Waals surface area contributed by atoms with E-state index in [4.69, 9.17) is 13.9 Å². The summed E-state index contributed by atoms with van der Waals surface area (Å²) < 4.78 is 15.7. The number of furan rings is 1. The van der Waals surface area contributed by atoms with E-state index in [1.807, 2.05) is 19.1 Å². The predicted octanol–water partition coefficient (Wildman–Crippen LogP) is 2.41. The molecule has 0 fully saturated rings. The summed E-state index contributed by atoms with van der Waals surface area (Å²) in [5, 5.41) is 2.86. The van der Waals surface area contributed by atoms with Crippen molar-refractivity contribution in [2.75, 3.05) is 13.7 Å². The molecule has 0 saturated carbocycles. The molecule has 1 atom stereocenters. The zero-order valence-electron chi connectivity index (χ0n) is 12.2. The number of amides is 1. The summed E-state index contributed by atoms with van der Waals surface area (Å²) in [4.78, 5) is 11.8. The summed E-state index contributed by atoms with van der Waals surface area (Å²) in [6, 6.07) is 10.8. The van der Waals surface area contributed by atoms with E-state index in [-0.39, 0.29) is 18.6 Å². The van der Waals surface area contributed by atoms with Crippen LogP contribution in [0.25, 0.3) is 0 Å². The molecule has 21 heavy (non-hydrogen) atoms. The first-order chi connectivity index (χ1) is 10.2. The Bertz CT molecular complexity index is 548. The van der Waals surface area contributed by atoms with E-state index < -0.39 is 0 Å². The van der Waals surface area contributed by atoms with Gasteiger partial charge in [0.05, 0.1) is 13.4 Å². The highest BCUT2D eigenvalue weighted by atomic mass is 16.5. The Labute approximate surface area is 123 Å². The third-order valence-corrected chi connectivity index (χ3v) is 2.92. The van der Waals surface area contributed by atoms with Crippen molar-refractivity contribution in [3.63, 3.8) is 0 Å². The van der Waals surface area contributed by atoms with E-state index in [1.165, 1.54) is 0 Å². The number of nitrogens with one attached hydrogen (secondary N) is 1. The summed E-state index contributed by atoms with van der Waals surface area (Å²) in [6.45, 7) is 1.91. The van der Waals surface area contributed by atoms with Gasteiger partial charge in [-0.2, -0.15) is 0 Å². The SMILES string of the molecule is COc1ccc(OCC(=O)NC(C)Cc2ccco2)cc1. The van der Waals surface area contributed by atoms with Crippen LogP contribution in [0.4, 0.5) is 0 Å². The van der Waals surface area contributed by atoms with E-state index >= 15 is 0 Å². The van der Waals surface area contributed by atoms with E-state index in [2.05, 4.69) is 5.32 Å². The summed E-state index contributed by atoms with van der Waals surface area (Å²) in [7, 11) is 1.60. The normalized spacial score (nSPS) is 11.7. The summed E-state index contributed by atoms with van der Waals surface area (Å²) >= 11 is 0.